The van der Waals surface area contributed by atoms with Crippen molar-refractivity contribution in [2.45, 2.75) is 0 Å². The Kier molecular flexibility index (Phi) is 8.08. The topological polar surface area (TPSA) is 64.7 Å². The van der Waals surface area contributed by atoms with Crippen LogP contribution >= 0.6 is 0 Å². The third-order valence-electron chi connectivity index (χ3n) is 9.94. The van der Waals surface area contributed by atoms with Gasteiger partial charge in [0.15, 0.2) is 23.1 Å². The van der Waals surface area contributed by atoms with Gasteiger partial charge in [0, 0.05) is 44.2 Å². The summed E-state index contributed by atoms with van der Waals surface area (Å²) in [5, 5.41) is 2.12. The Morgan fingerprint density at radius 2 is 0.782 bits per heavy atom. The molecule has 0 saturated carbocycles. The number of furan rings is 1. The number of aromatic nitrogens is 4. The van der Waals surface area contributed by atoms with Crippen molar-refractivity contribution in [3.8, 4) is 79.0 Å². The lowest BCUT2D eigenvalue weighted by atomic mass is 9.95. The Balaban J connectivity index is 1.09. The molecule has 7 aromatic carbocycles. The highest BCUT2D eigenvalue weighted by Gasteiger charge is 2.24. The molecule has 3 heterocycles. The molecule has 3 aromatic heterocycles. The predicted octanol–water partition coefficient (Wildman–Crippen LogP) is 12.8. The van der Waals surface area contributed by atoms with Gasteiger partial charge in [-0.1, -0.05) is 182 Å². The van der Waals surface area contributed by atoms with Crippen LogP contribution in [0.15, 0.2) is 199 Å². The van der Waals surface area contributed by atoms with Crippen LogP contribution in [0.25, 0.3) is 101 Å². The lowest BCUT2D eigenvalue weighted by Gasteiger charge is -2.10. The molecular formula is C50H32N4O. The average molecular weight is 705 g/mol. The molecule has 0 aliphatic carbocycles. The van der Waals surface area contributed by atoms with E-state index in [0.29, 0.717) is 17.5 Å². The van der Waals surface area contributed by atoms with Gasteiger partial charge in [0.2, 0.25) is 0 Å². The second kappa shape index (κ2) is 13.8. The van der Waals surface area contributed by atoms with Crippen LogP contribution in [0.3, 0.4) is 0 Å². The number of pyridine rings is 1. The fourth-order valence-corrected chi connectivity index (χ4v) is 7.27. The molecule has 10 aromatic rings. The van der Waals surface area contributed by atoms with Crippen molar-refractivity contribution in [2.75, 3.05) is 0 Å². The maximum atomic E-state index is 6.95. The average Bonchev–Trinajstić information content (AvgIpc) is 3.69. The van der Waals surface area contributed by atoms with Crippen molar-refractivity contribution in [2.24, 2.45) is 0 Å². The van der Waals surface area contributed by atoms with E-state index in [2.05, 4.69) is 115 Å². The summed E-state index contributed by atoms with van der Waals surface area (Å²) in [6, 6.07) is 66.2. The molecule has 5 nitrogen and oxygen atoms in total. The van der Waals surface area contributed by atoms with Crippen LogP contribution < -0.4 is 0 Å². The van der Waals surface area contributed by atoms with Gasteiger partial charge in [0.05, 0.1) is 5.52 Å². The normalized spacial score (nSPS) is 11.3. The smallest absolute Gasteiger partial charge is 0.164 e. The SMILES string of the molecule is c1ccc(-c2nc(-c3ccccc3)nc(-c3ccc(-c4cccc(-c5nc6ccccc6c6c(-c7ccccc7)c(-c7ccccc7)oc56)c4)cc3)n2)cc1. The molecule has 0 spiro atoms. The van der Waals surface area contributed by atoms with E-state index in [1.807, 2.05) is 78.9 Å². The van der Waals surface area contributed by atoms with Gasteiger partial charge in [0.25, 0.3) is 0 Å². The summed E-state index contributed by atoms with van der Waals surface area (Å²) in [5.41, 5.74) is 11.6. The van der Waals surface area contributed by atoms with Crippen LogP contribution in [0.1, 0.15) is 0 Å². The van der Waals surface area contributed by atoms with E-state index in [1.165, 1.54) is 0 Å². The monoisotopic (exact) mass is 704 g/mol. The van der Waals surface area contributed by atoms with E-state index in [9.17, 15) is 0 Å². The third-order valence-corrected chi connectivity index (χ3v) is 9.94. The molecule has 55 heavy (non-hydrogen) atoms. The Bertz CT molecular complexity index is 2890. The van der Waals surface area contributed by atoms with E-state index in [-0.39, 0.29) is 0 Å². The molecular weight excluding hydrogens is 673 g/mol. The molecule has 0 aliphatic heterocycles. The summed E-state index contributed by atoms with van der Waals surface area (Å²) in [6.45, 7) is 0. The maximum absolute atomic E-state index is 6.95. The first-order valence-corrected chi connectivity index (χ1v) is 18.3. The van der Waals surface area contributed by atoms with Crippen LogP contribution in [0, 0.1) is 0 Å². The van der Waals surface area contributed by atoms with Gasteiger partial charge in [-0.3, -0.25) is 0 Å². The fraction of sp³-hybridized carbons (Fsp3) is 0. The third kappa shape index (κ3) is 6.04. The van der Waals surface area contributed by atoms with Crippen LogP contribution in [0.4, 0.5) is 0 Å². The first-order valence-electron chi connectivity index (χ1n) is 18.3. The van der Waals surface area contributed by atoms with Crippen LogP contribution in [-0.4, -0.2) is 19.9 Å². The van der Waals surface area contributed by atoms with Crippen molar-refractivity contribution in [3.05, 3.63) is 194 Å². The number of rotatable bonds is 7. The van der Waals surface area contributed by atoms with E-state index >= 15 is 0 Å². The Morgan fingerprint density at radius 1 is 0.327 bits per heavy atom. The van der Waals surface area contributed by atoms with Crippen LogP contribution in [-0.2, 0) is 0 Å². The van der Waals surface area contributed by atoms with Crippen LogP contribution in [0.2, 0.25) is 0 Å². The van der Waals surface area contributed by atoms with Gasteiger partial charge in [-0.2, -0.15) is 0 Å². The number of nitrogens with zero attached hydrogens (tertiary/aromatic N) is 4. The summed E-state index contributed by atoms with van der Waals surface area (Å²) in [6.07, 6.45) is 0. The molecule has 0 amide bonds. The summed E-state index contributed by atoms with van der Waals surface area (Å²) < 4.78 is 6.95. The number of hydrogen-bond donors (Lipinski definition) is 0. The maximum Gasteiger partial charge on any atom is 0.164 e. The minimum absolute atomic E-state index is 0.622. The van der Waals surface area contributed by atoms with E-state index in [1.54, 1.807) is 0 Å². The molecule has 0 bridgehead atoms. The van der Waals surface area contributed by atoms with Crippen molar-refractivity contribution < 1.29 is 4.42 Å². The lowest BCUT2D eigenvalue weighted by Crippen LogP contribution is -2.00. The number of fused-ring (bicyclic) bond motifs is 3. The molecule has 0 atom stereocenters. The highest BCUT2D eigenvalue weighted by atomic mass is 16.3. The van der Waals surface area contributed by atoms with Crippen molar-refractivity contribution in [3.63, 3.8) is 0 Å². The fourth-order valence-electron chi connectivity index (χ4n) is 7.27. The molecule has 10 rings (SSSR count). The largest absolute Gasteiger partial charge is 0.453 e. The van der Waals surface area contributed by atoms with Crippen molar-refractivity contribution >= 4 is 21.9 Å². The lowest BCUT2D eigenvalue weighted by molar-refractivity contribution is 0.632. The van der Waals surface area contributed by atoms with Gasteiger partial charge < -0.3 is 4.42 Å². The highest BCUT2D eigenvalue weighted by Crippen LogP contribution is 2.46. The van der Waals surface area contributed by atoms with Gasteiger partial charge in [-0.05, 0) is 28.8 Å². The zero-order chi connectivity index (χ0) is 36.6. The summed E-state index contributed by atoms with van der Waals surface area (Å²) >= 11 is 0. The van der Waals surface area contributed by atoms with Gasteiger partial charge in [-0.25, -0.2) is 19.9 Å². The zero-order valence-corrected chi connectivity index (χ0v) is 29.7. The van der Waals surface area contributed by atoms with Gasteiger partial charge >= 0.3 is 0 Å². The van der Waals surface area contributed by atoms with Crippen molar-refractivity contribution in [1.82, 2.24) is 19.9 Å². The summed E-state index contributed by atoms with van der Waals surface area (Å²) in [5.74, 6) is 2.73. The molecule has 0 N–H and O–H groups in total. The second-order valence-electron chi connectivity index (χ2n) is 13.4. The van der Waals surface area contributed by atoms with Crippen molar-refractivity contribution in [1.29, 1.82) is 0 Å². The van der Waals surface area contributed by atoms with Crippen LogP contribution in [0.5, 0.6) is 0 Å². The molecule has 0 unspecified atom stereocenters. The first-order chi connectivity index (χ1) is 27.3. The minimum atomic E-state index is 0.622. The van der Waals surface area contributed by atoms with E-state index in [4.69, 9.17) is 24.4 Å². The first kappa shape index (κ1) is 32.2. The second-order valence-corrected chi connectivity index (χ2v) is 13.4. The molecule has 0 fully saturated rings. The van der Waals surface area contributed by atoms with Gasteiger partial charge in [-0.15, -0.1) is 0 Å². The molecule has 0 aliphatic rings. The Morgan fingerprint density at radius 3 is 1.38 bits per heavy atom. The number of hydrogen-bond acceptors (Lipinski definition) is 5. The van der Waals surface area contributed by atoms with Gasteiger partial charge in [0.1, 0.15) is 11.5 Å². The minimum Gasteiger partial charge on any atom is -0.453 e. The molecule has 0 saturated heterocycles. The number of para-hydroxylation sites is 1. The summed E-state index contributed by atoms with van der Waals surface area (Å²) in [7, 11) is 0. The molecule has 5 heteroatoms. The molecule has 258 valence electrons. The predicted molar refractivity (Wildman–Crippen MR) is 223 cm³/mol. The highest BCUT2D eigenvalue weighted by molar-refractivity contribution is 6.18. The van der Waals surface area contributed by atoms with E-state index < -0.39 is 0 Å². The quantitative estimate of drug-likeness (QED) is 0.165. The molecule has 0 radical (unpaired) electrons. The Labute approximate surface area is 318 Å². The number of benzene rings is 7. The standard InChI is InChI=1S/C50H32N4O/c1-5-16-34(17-6-1)43-44-41-26-13-14-27-42(41)51-45(47(44)55-46(43)35-18-7-2-8-19-35)40-25-15-24-39(32-40)33-28-30-38(31-29-33)50-53-48(36-20-9-3-10-21-36)52-49(54-50)37-22-11-4-12-23-37/h1-32H. The summed E-state index contributed by atoms with van der Waals surface area (Å²) in [4.78, 5) is 19.9. The van der Waals surface area contributed by atoms with E-state index in [0.717, 1.165) is 83.4 Å². The zero-order valence-electron chi connectivity index (χ0n) is 29.7. The Hall–Kier alpha value is -7.50.